The van der Waals surface area contributed by atoms with E-state index in [1.54, 1.807) is 0 Å². The van der Waals surface area contributed by atoms with Crippen molar-refractivity contribution in [1.29, 1.82) is 0 Å². The molecule has 1 aromatic heterocycles. The number of ether oxygens (including phenoxy) is 1. The van der Waals surface area contributed by atoms with Crippen LogP contribution in [0.3, 0.4) is 0 Å². The molecule has 32 heavy (non-hydrogen) atoms. The molecule has 3 rings (SSSR count). The van der Waals surface area contributed by atoms with Gasteiger partial charge < -0.3 is 9.30 Å². The predicted molar refractivity (Wildman–Crippen MR) is 135 cm³/mol. The van der Waals surface area contributed by atoms with Gasteiger partial charge >= 0.3 is 5.97 Å². The van der Waals surface area contributed by atoms with Gasteiger partial charge in [0.05, 0.1) is 5.92 Å². The lowest BCUT2D eigenvalue weighted by Gasteiger charge is -2.27. The number of benzene rings is 1. The summed E-state index contributed by atoms with van der Waals surface area (Å²) >= 11 is 2.14. The number of hydrogen-bond acceptors (Lipinski definition) is 4. The third-order valence-electron chi connectivity index (χ3n) is 6.12. The lowest BCUT2D eigenvalue weighted by molar-refractivity contribution is -0.158. The largest absolute Gasteiger partial charge is 0.459 e. The van der Waals surface area contributed by atoms with Crippen LogP contribution in [0.15, 0.2) is 24.3 Å². The molecule has 1 aliphatic rings. The van der Waals surface area contributed by atoms with Crippen molar-refractivity contribution < 1.29 is 14.3 Å². The smallest absolute Gasteiger partial charge is 0.314 e. The molecule has 1 heterocycles. The highest BCUT2D eigenvalue weighted by atomic mass is 127. The topological polar surface area (TPSA) is 61.2 Å². The summed E-state index contributed by atoms with van der Waals surface area (Å²) in [6.07, 6.45) is 8.39. The molecule has 0 bridgehead atoms. The van der Waals surface area contributed by atoms with Crippen LogP contribution in [0.5, 0.6) is 0 Å². The molecule has 1 saturated carbocycles. The minimum atomic E-state index is -0.493. The number of carbonyl (C=O) groups excluding carboxylic acids is 2. The lowest BCUT2D eigenvalue weighted by atomic mass is 9.84. The van der Waals surface area contributed by atoms with Crippen LogP contribution in [-0.2, 0) is 22.5 Å². The zero-order chi connectivity index (χ0) is 23.3. The van der Waals surface area contributed by atoms with E-state index in [9.17, 15) is 9.59 Å². The molecule has 1 aliphatic carbocycles. The van der Waals surface area contributed by atoms with Crippen molar-refractivity contribution in [2.45, 2.75) is 90.7 Å². The van der Waals surface area contributed by atoms with Crippen molar-refractivity contribution in [1.82, 2.24) is 9.55 Å². The predicted octanol–water partition coefficient (Wildman–Crippen LogP) is 6.31. The van der Waals surface area contributed by atoms with Crippen LogP contribution < -0.4 is 0 Å². The van der Waals surface area contributed by atoms with E-state index in [4.69, 9.17) is 4.74 Å². The minimum absolute atomic E-state index is 0.119. The number of hydrogen-bond donors (Lipinski definition) is 0. The number of halogens is 1. The van der Waals surface area contributed by atoms with E-state index in [1.165, 1.54) is 12.8 Å². The molecule has 0 saturated heterocycles. The summed E-state index contributed by atoms with van der Waals surface area (Å²) in [5.41, 5.74) is 2.26. The first kappa shape index (κ1) is 24.9. The third kappa shape index (κ3) is 6.21. The summed E-state index contributed by atoms with van der Waals surface area (Å²) in [7, 11) is 0. The molecule has 1 unspecified atom stereocenters. The molecule has 0 N–H and O–H groups in total. The molecule has 2 aromatic rings. The van der Waals surface area contributed by atoms with E-state index in [-0.39, 0.29) is 11.9 Å². The Kier molecular flexibility index (Phi) is 8.53. The Bertz CT molecular complexity index is 922. The van der Waals surface area contributed by atoms with Gasteiger partial charge in [0.15, 0.2) is 6.29 Å². The fourth-order valence-electron chi connectivity index (χ4n) is 4.57. The molecule has 0 aliphatic heterocycles. The van der Waals surface area contributed by atoms with Crippen molar-refractivity contribution in [2.24, 2.45) is 5.92 Å². The number of carbonyl (C=O) groups is 2. The van der Waals surface area contributed by atoms with Gasteiger partial charge in [-0.3, -0.25) is 9.59 Å². The molecule has 5 nitrogen and oxygen atoms in total. The Morgan fingerprint density at radius 3 is 2.47 bits per heavy atom. The van der Waals surface area contributed by atoms with Gasteiger partial charge in [0.1, 0.15) is 20.8 Å². The van der Waals surface area contributed by atoms with Crippen LogP contribution in [0.1, 0.15) is 99.6 Å². The zero-order valence-electron chi connectivity index (χ0n) is 19.7. The van der Waals surface area contributed by atoms with E-state index >= 15 is 0 Å². The molecule has 1 atom stereocenters. The quantitative estimate of drug-likeness (QED) is 0.209. The van der Waals surface area contributed by atoms with Crippen molar-refractivity contribution in [2.75, 3.05) is 0 Å². The normalized spacial score (nSPS) is 15.7. The number of rotatable bonds is 9. The Hall–Kier alpha value is -1.70. The SMILES string of the molecule is CCCCc1nc(I)c(C=O)n1Cc1ccc(C(C(=O)OC(C)(C)C)C2CCCC2)cc1. The van der Waals surface area contributed by atoms with Crippen LogP contribution in [0, 0.1) is 9.62 Å². The number of imidazole rings is 1. The van der Waals surface area contributed by atoms with Crippen molar-refractivity contribution in [3.8, 4) is 0 Å². The number of unbranched alkanes of at least 4 members (excludes halogenated alkanes) is 1. The van der Waals surface area contributed by atoms with E-state index < -0.39 is 5.60 Å². The molecule has 174 valence electrons. The van der Waals surface area contributed by atoms with Gasteiger partial charge in [-0.15, -0.1) is 0 Å². The standard InChI is InChI=1S/C26H35IN2O3/c1-5-6-11-22-28-24(27)21(17-30)29(22)16-18-12-14-20(15-13-18)23(19-9-7-8-10-19)25(31)32-26(2,3)4/h12-15,17,19,23H,5-11,16H2,1-4H3. The zero-order valence-corrected chi connectivity index (χ0v) is 21.9. The summed E-state index contributed by atoms with van der Waals surface area (Å²) in [5.74, 6) is 0.963. The molecular formula is C26H35IN2O3. The molecular weight excluding hydrogens is 515 g/mol. The maximum atomic E-state index is 13.1. The molecule has 1 fully saturated rings. The number of aromatic nitrogens is 2. The van der Waals surface area contributed by atoms with Crippen LogP contribution in [-0.4, -0.2) is 27.4 Å². The summed E-state index contributed by atoms with van der Waals surface area (Å²) in [5, 5.41) is 0. The Morgan fingerprint density at radius 1 is 1.25 bits per heavy atom. The van der Waals surface area contributed by atoms with Gasteiger partial charge in [0.2, 0.25) is 0 Å². The Labute approximate surface area is 205 Å². The highest BCUT2D eigenvalue weighted by Crippen LogP contribution is 2.39. The van der Waals surface area contributed by atoms with Gasteiger partial charge in [-0.25, -0.2) is 4.98 Å². The van der Waals surface area contributed by atoms with E-state index in [1.807, 2.05) is 25.3 Å². The van der Waals surface area contributed by atoms with Crippen LogP contribution in [0.25, 0.3) is 0 Å². The highest BCUT2D eigenvalue weighted by molar-refractivity contribution is 14.1. The van der Waals surface area contributed by atoms with E-state index in [2.05, 4.69) is 58.8 Å². The summed E-state index contributed by atoms with van der Waals surface area (Å²) < 4.78 is 8.57. The molecule has 0 radical (unpaired) electrons. The minimum Gasteiger partial charge on any atom is -0.459 e. The van der Waals surface area contributed by atoms with E-state index in [0.29, 0.717) is 18.2 Å². The summed E-state index contributed by atoms with van der Waals surface area (Å²) in [6, 6.07) is 8.28. The average molecular weight is 550 g/mol. The highest BCUT2D eigenvalue weighted by Gasteiger charge is 2.35. The fraction of sp³-hybridized carbons (Fsp3) is 0.577. The van der Waals surface area contributed by atoms with Crippen molar-refractivity contribution in [3.05, 3.63) is 50.6 Å². The summed E-state index contributed by atoms with van der Waals surface area (Å²) in [6.45, 7) is 8.53. The first-order chi connectivity index (χ1) is 15.2. The van der Waals surface area contributed by atoms with Gasteiger partial charge in [0, 0.05) is 13.0 Å². The van der Waals surface area contributed by atoms with E-state index in [0.717, 1.165) is 59.0 Å². The number of esters is 1. The maximum Gasteiger partial charge on any atom is 0.314 e. The second-order valence-corrected chi connectivity index (χ2v) is 10.8. The number of aldehydes is 1. The lowest BCUT2D eigenvalue weighted by Crippen LogP contribution is -2.30. The molecule has 1 aromatic carbocycles. The first-order valence-electron chi connectivity index (χ1n) is 11.7. The monoisotopic (exact) mass is 550 g/mol. The maximum absolute atomic E-state index is 13.1. The second kappa shape index (κ2) is 10.9. The fourth-order valence-corrected chi connectivity index (χ4v) is 5.26. The summed E-state index contributed by atoms with van der Waals surface area (Å²) in [4.78, 5) is 29.4. The third-order valence-corrected chi connectivity index (χ3v) is 6.91. The average Bonchev–Trinajstić information content (AvgIpc) is 3.34. The van der Waals surface area contributed by atoms with Crippen LogP contribution in [0.4, 0.5) is 0 Å². The van der Waals surface area contributed by atoms with Crippen LogP contribution >= 0.6 is 22.6 Å². The second-order valence-electron chi connectivity index (χ2n) is 9.81. The molecule has 6 heteroatoms. The molecule has 0 amide bonds. The van der Waals surface area contributed by atoms with Gasteiger partial charge in [-0.2, -0.15) is 0 Å². The molecule has 0 spiro atoms. The number of aryl methyl sites for hydroxylation is 1. The van der Waals surface area contributed by atoms with Crippen molar-refractivity contribution in [3.63, 3.8) is 0 Å². The Morgan fingerprint density at radius 2 is 1.91 bits per heavy atom. The van der Waals surface area contributed by atoms with Gasteiger partial charge in [-0.1, -0.05) is 50.5 Å². The van der Waals surface area contributed by atoms with Crippen LogP contribution in [0.2, 0.25) is 0 Å². The first-order valence-corrected chi connectivity index (χ1v) is 12.8. The Balaban J connectivity index is 1.84. The van der Waals surface area contributed by atoms with Gasteiger partial charge in [-0.05, 0) is 79.7 Å². The van der Waals surface area contributed by atoms with Gasteiger partial charge in [0.25, 0.3) is 0 Å². The number of nitrogens with zero attached hydrogens (tertiary/aromatic N) is 2. The van der Waals surface area contributed by atoms with Crippen molar-refractivity contribution >= 4 is 34.8 Å².